The second kappa shape index (κ2) is 52.3. The maximum absolute atomic E-state index is 11.9. The van der Waals surface area contributed by atoms with Gasteiger partial charge < -0.3 is 75.8 Å². The minimum Gasteiger partial charge on any atom is -0.493 e. The van der Waals surface area contributed by atoms with Crippen molar-refractivity contribution in [2.75, 3.05) is 165 Å². The molecule has 3 saturated heterocycles. The number of hydrogen-bond acceptors (Lipinski definition) is 23. The SMILES string of the molecule is CCOC(=O)Nc1cccc(-c2c(C#N)c3ccc(OCCCN4CCCCC4)cc3n2CC)c1.CCOC(=O)Nc1cccc(-c2c(C#N)c3ccc(OCCCN4CCN(C)CC4)cc3n2CC)c1.CCOC(=O)Nc1cccc(-c2c(C#N)c3ccc(OCCCN4CCSCC4)cc3n2CC)c1.CCOC(=O)Nc1cccc(-c2c(C#N)c3ccc(OCCCn4ccnn4)cc3n2CC)c1. The lowest BCUT2D eigenvalue weighted by atomic mass is 10.1. The molecular weight excluding hydrogens is 1790 g/mol. The number of rotatable bonds is 36. The number of nitriles is 4. The van der Waals surface area contributed by atoms with Crippen molar-refractivity contribution >= 4 is 102 Å². The third-order valence-corrected chi connectivity index (χ3v) is 25.5. The lowest BCUT2D eigenvalue weighted by Gasteiger charge is -2.32. The van der Waals surface area contributed by atoms with E-state index in [1.54, 1.807) is 62.8 Å². The summed E-state index contributed by atoms with van der Waals surface area (Å²) in [6, 6.07) is 63.1. The first-order valence-electron chi connectivity index (χ1n) is 48.7. The Bertz CT molecular complexity index is 6340. The van der Waals surface area contributed by atoms with E-state index in [1.165, 1.54) is 43.9 Å². The monoisotopic (exact) mass is 1910 g/mol. The fourth-order valence-corrected chi connectivity index (χ4v) is 19.0. The van der Waals surface area contributed by atoms with Crippen LogP contribution in [-0.2, 0) is 51.7 Å². The van der Waals surface area contributed by atoms with E-state index in [0.717, 1.165) is 203 Å². The van der Waals surface area contributed by atoms with Gasteiger partial charge in [0.05, 0.1) is 126 Å². The average Bonchev–Trinajstić information content (AvgIpc) is 1.62. The summed E-state index contributed by atoms with van der Waals surface area (Å²) in [7, 11) is 2.17. The van der Waals surface area contributed by atoms with Crippen LogP contribution in [0.2, 0.25) is 0 Å². The topological polar surface area (TPSA) is 349 Å². The van der Waals surface area contributed by atoms with Crippen molar-refractivity contribution in [2.45, 2.75) is 133 Å². The van der Waals surface area contributed by atoms with Crippen LogP contribution in [0, 0.1) is 45.3 Å². The number of fused-ring (bicyclic) bond motifs is 4. The Morgan fingerprint density at radius 2 is 0.650 bits per heavy atom. The van der Waals surface area contributed by atoms with Crippen LogP contribution in [0.15, 0.2) is 182 Å². The number of aryl methyl sites for hydroxylation is 5. The van der Waals surface area contributed by atoms with Gasteiger partial charge in [0.25, 0.3) is 0 Å². The minimum atomic E-state index is -0.512. The van der Waals surface area contributed by atoms with E-state index in [9.17, 15) is 40.2 Å². The molecule has 140 heavy (non-hydrogen) atoms. The summed E-state index contributed by atoms with van der Waals surface area (Å²) in [5, 5.41) is 62.4. The number of thioether (sulfide) groups is 1. The molecule has 3 aliphatic heterocycles. The van der Waals surface area contributed by atoms with Crippen molar-refractivity contribution in [3.05, 3.63) is 205 Å². The predicted octanol–water partition coefficient (Wildman–Crippen LogP) is 21.2. The molecule has 13 aromatic rings. The maximum Gasteiger partial charge on any atom is 0.411 e. The summed E-state index contributed by atoms with van der Waals surface area (Å²) in [4.78, 5) is 57.4. The third kappa shape index (κ3) is 26.9. The number of likely N-dealkylation sites (N-methyl/N-ethyl adjacent to an activating group) is 1. The molecule has 0 unspecified atom stereocenters. The number of carbonyl (C=O) groups excluding carboxylic acids is 4. The molecule has 0 bridgehead atoms. The number of carbonyl (C=O) groups is 4. The second-order valence-corrected chi connectivity index (χ2v) is 34.9. The van der Waals surface area contributed by atoms with E-state index >= 15 is 0 Å². The van der Waals surface area contributed by atoms with E-state index in [1.807, 2.05) is 170 Å². The molecule has 3 aliphatic rings. The van der Waals surface area contributed by atoms with Gasteiger partial charge in [-0.25, -0.2) is 19.2 Å². The van der Waals surface area contributed by atoms with Crippen LogP contribution in [-0.4, -0.2) is 221 Å². The van der Waals surface area contributed by atoms with Crippen LogP contribution in [0.5, 0.6) is 23.0 Å². The molecule has 0 spiro atoms. The van der Waals surface area contributed by atoms with Gasteiger partial charge in [-0.05, 0) is 205 Å². The zero-order valence-electron chi connectivity index (χ0n) is 81.7. The molecule has 0 atom stereocenters. The van der Waals surface area contributed by atoms with Crippen molar-refractivity contribution in [1.82, 2.24) is 52.9 Å². The number of benzene rings is 8. The van der Waals surface area contributed by atoms with E-state index in [0.29, 0.717) is 124 Å². The Morgan fingerprint density at radius 3 is 0.929 bits per heavy atom. The number of nitrogens with one attached hydrogen (secondary N) is 4. The molecule has 8 heterocycles. The first-order valence-corrected chi connectivity index (χ1v) is 49.8. The molecule has 31 nitrogen and oxygen atoms in total. The van der Waals surface area contributed by atoms with Crippen LogP contribution in [0.1, 0.15) is 123 Å². The Labute approximate surface area is 823 Å². The number of amides is 4. The molecule has 5 aromatic heterocycles. The summed E-state index contributed by atoms with van der Waals surface area (Å²) >= 11 is 2.03. The van der Waals surface area contributed by atoms with Crippen molar-refractivity contribution in [3.8, 4) is 92.3 Å². The highest BCUT2D eigenvalue weighted by Crippen LogP contribution is 2.42. The van der Waals surface area contributed by atoms with Crippen molar-refractivity contribution in [1.29, 1.82) is 21.0 Å². The molecule has 32 heteroatoms. The lowest BCUT2D eigenvalue weighted by molar-refractivity contribution is 0.145. The molecule has 8 aromatic carbocycles. The van der Waals surface area contributed by atoms with Crippen LogP contribution >= 0.6 is 11.8 Å². The minimum absolute atomic E-state index is 0.291. The zero-order chi connectivity index (χ0) is 98.7. The molecular formula is C108H127N19O12S. The van der Waals surface area contributed by atoms with Crippen LogP contribution in [0.3, 0.4) is 0 Å². The van der Waals surface area contributed by atoms with Gasteiger partial charge in [0.15, 0.2) is 0 Å². The lowest BCUT2D eigenvalue weighted by Crippen LogP contribution is -2.44. The molecule has 0 saturated carbocycles. The molecule has 3 fully saturated rings. The summed E-state index contributed by atoms with van der Waals surface area (Å²) in [6.45, 7) is 34.9. The highest BCUT2D eigenvalue weighted by Gasteiger charge is 2.27. The van der Waals surface area contributed by atoms with Crippen molar-refractivity contribution in [2.24, 2.45) is 0 Å². The fraction of sp³-hybridized carbons (Fsp3) is 0.389. The first kappa shape index (κ1) is 103. The number of piperazine rings is 1. The van der Waals surface area contributed by atoms with Gasteiger partial charge in [-0.3, -0.25) is 25.9 Å². The van der Waals surface area contributed by atoms with E-state index in [2.05, 4.69) is 122 Å². The van der Waals surface area contributed by atoms with Crippen LogP contribution in [0.4, 0.5) is 41.9 Å². The summed E-state index contributed by atoms with van der Waals surface area (Å²) in [6.07, 6.45) is 9.19. The highest BCUT2D eigenvalue weighted by molar-refractivity contribution is 7.99. The predicted molar refractivity (Wildman–Crippen MR) is 552 cm³/mol. The Kier molecular flexibility index (Phi) is 38.4. The van der Waals surface area contributed by atoms with E-state index in [4.69, 9.17) is 37.9 Å². The van der Waals surface area contributed by atoms with Gasteiger partial charge in [-0.2, -0.15) is 32.8 Å². The molecule has 4 amide bonds. The first-order chi connectivity index (χ1) is 68.4. The van der Waals surface area contributed by atoms with E-state index < -0.39 is 24.4 Å². The second-order valence-electron chi connectivity index (χ2n) is 33.7. The number of ether oxygens (including phenoxy) is 8. The smallest absolute Gasteiger partial charge is 0.411 e. The number of piperidine rings is 1. The van der Waals surface area contributed by atoms with Gasteiger partial charge in [0, 0.05) is 207 Å². The summed E-state index contributed by atoms with van der Waals surface area (Å²) < 4.78 is 54.5. The molecule has 0 aliphatic carbocycles. The van der Waals surface area contributed by atoms with Crippen LogP contribution in [0.25, 0.3) is 88.6 Å². The normalized spacial score (nSPS) is 13.3. The maximum atomic E-state index is 11.9. The number of nitrogens with zero attached hydrogens (tertiary/aromatic N) is 15. The van der Waals surface area contributed by atoms with Gasteiger partial charge in [-0.1, -0.05) is 60.2 Å². The molecule has 16 rings (SSSR count). The Balaban J connectivity index is 0.000000157. The molecule has 0 radical (unpaired) electrons. The van der Waals surface area contributed by atoms with Crippen molar-refractivity contribution in [3.63, 3.8) is 0 Å². The number of likely N-dealkylation sites (tertiary alicyclic amines) is 1. The molecule has 4 N–H and O–H groups in total. The largest absolute Gasteiger partial charge is 0.493 e. The van der Waals surface area contributed by atoms with E-state index in [-0.39, 0.29) is 0 Å². The standard InChI is InChI=1S/C28H35N5O3.C28H34N4O3.C27H32N4O3S.C25H26N6O3/c1-4-33-26-19-23(36-17-7-12-32-15-13-31(3)14-16-32)10-11-24(26)25(20-29)27(33)21-8-6-9-22(18-21)30-28(34)35-5-2;1-3-32-26-19-23(35-17-9-16-31-14-6-5-7-15-31)12-13-24(26)25(20-29)27(32)21-10-8-11-22(18-21)30-28(33)34-4-2;1-3-31-25-18-22(34-14-6-11-30-12-15-35-16-13-30)9-10-23(25)24(19-28)26(31)20-7-5-8-21(17-20)29-27(32)33-4-2;1-3-31-23-16-20(34-14-6-12-30-13-11-27-29-30)9-10-21(23)22(17-26)24(31)18-7-5-8-19(15-18)28-25(32)33-4-2/h6,8-11,18-19H,4-5,7,12-17H2,1-3H3,(H,30,34);8,10-13,18-19H,3-7,9,14-17H2,1-2H3,(H,30,33);5,7-10,17-18H,3-4,6,11-16H2,1-2H3,(H,29,32);5,7-11,13,15-16H,3-4,6,12,14H2,1-2H3,(H,28,32). The fourth-order valence-electron chi connectivity index (χ4n) is 18.0. The zero-order valence-corrected chi connectivity index (χ0v) is 82.5. The Morgan fingerprint density at radius 1 is 0.357 bits per heavy atom. The average molecular weight is 1920 g/mol. The molecule has 732 valence electrons. The third-order valence-electron chi connectivity index (χ3n) is 24.6. The quantitative estimate of drug-likeness (QED) is 0.0209. The van der Waals surface area contributed by atoms with Gasteiger partial charge in [-0.15, -0.1) is 5.10 Å². The van der Waals surface area contributed by atoms with Crippen molar-refractivity contribution < 1.29 is 57.1 Å². The Hall–Kier alpha value is -14.5. The summed E-state index contributed by atoms with van der Waals surface area (Å²) in [5.74, 6) is 5.62. The van der Waals surface area contributed by atoms with Crippen LogP contribution < -0.4 is 40.2 Å². The van der Waals surface area contributed by atoms with Gasteiger partial charge >= 0.3 is 24.4 Å². The van der Waals surface area contributed by atoms with Gasteiger partial charge in [0.2, 0.25) is 0 Å². The summed E-state index contributed by atoms with van der Waals surface area (Å²) in [5.41, 5.74) is 15.4. The number of hydrogen-bond donors (Lipinski definition) is 4. The van der Waals surface area contributed by atoms with Gasteiger partial charge in [0.1, 0.15) is 47.3 Å². The number of anilines is 4. The highest BCUT2D eigenvalue weighted by atomic mass is 32.2. The number of aromatic nitrogens is 7.